The standard InChI is InChI=1S/C14H22O5S/c1-14(2,3)20(16,17)9-8-19-13-11(10-15)6-5-7-12(13)18-4/h5-7,15H,8-10H2,1-4H3. The van der Waals surface area contributed by atoms with Gasteiger partial charge in [-0.2, -0.15) is 0 Å². The maximum Gasteiger partial charge on any atom is 0.166 e. The minimum absolute atomic E-state index is 0.0208. The van der Waals surface area contributed by atoms with Crippen molar-refractivity contribution in [1.82, 2.24) is 0 Å². The van der Waals surface area contributed by atoms with Gasteiger partial charge >= 0.3 is 0 Å². The van der Waals surface area contributed by atoms with E-state index in [2.05, 4.69) is 0 Å². The first-order valence-corrected chi connectivity index (χ1v) is 8.00. The summed E-state index contributed by atoms with van der Waals surface area (Å²) in [5.41, 5.74) is 0.567. The third-order valence-electron chi connectivity index (χ3n) is 2.98. The summed E-state index contributed by atoms with van der Waals surface area (Å²) in [6.45, 7) is 4.80. The highest BCUT2D eigenvalue weighted by molar-refractivity contribution is 7.92. The molecule has 0 atom stereocenters. The summed E-state index contributed by atoms with van der Waals surface area (Å²) < 4.78 is 33.8. The third-order valence-corrected chi connectivity index (χ3v) is 5.55. The first-order valence-electron chi connectivity index (χ1n) is 6.35. The molecule has 5 nitrogen and oxygen atoms in total. The van der Waals surface area contributed by atoms with Crippen molar-refractivity contribution in [3.05, 3.63) is 23.8 Å². The zero-order chi connectivity index (χ0) is 15.4. The lowest BCUT2D eigenvalue weighted by atomic mass is 10.2. The average molecular weight is 302 g/mol. The number of hydrogen-bond donors (Lipinski definition) is 1. The van der Waals surface area contributed by atoms with Crippen LogP contribution in [0.1, 0.15) is 26.3 Å². The predicted octanol–water partition coefficient (Wildman–Crippen LogP) is 1.78. The topological polar surface area (TPSA) is 72.8 Å². The SMILES string of the molecule is COc1cccc(CO)c1OCCS(=O)(=O)C(C)(C)C. The summed E-state index contributed by atoms with van der Waals surface area (Å²) in [6.07, 6.45) is 0. The first-order chi connectivity index (χ1) is 9.23. The molecule has 0 saturated heterocycles. The average Bonchev–Trinajstić information content (AvgIpc) is 2.37. The Morgan fingerprint density at radius 2 is 1.90 bits per heavy atom. The van der Waals surface area contributed by atoms with Crippen LogP contribution in [0, 0.1) is 0 Å². The van der Waals surface area contributed by atoms with Gasteiger partial charge in [0.25, 0.3) is 0 Å². The molecule has 0 heterocycles. The van der Waals surface area contributed by atoms with Crippen molar-refractivity contribution >= 4 is 9.84 Å². The second kappa shape index (κ2) is 6.45. The molecule has 0 radical (unpaired) electrons. The highest BCUT2D eigenvalue weighted by atomic mass is 32.2. The summed E-state index contributed by atoms with van der Waals surface area (Å²) in [7, 11) is -1.74. The van der Waals surface area contributed by atoms with Crippen molar-refractivity contribution in [3.63, 3.8) is 0 Å². The number of sulfone groups is 1. The minimum atomic E-state index is -3.24. The van der Waals surface area contributed by atoms with Crippen LogP contribution in [0.15, 0.2) is 18.2 Å². The van der Waals surface area contributed by atoms with Crippen LogP contribution in [0.5, 0.6) is 11.5 Å². The van der Waals surface area contributed by atoms with Gasteiger partial charge in [-0.1, -0.05) is 12.1 Å². The maximum absolute atomic E-state index is 12.0. The molecule has 0 unspecified atom stereocenters. The van der Waals surface area contributed by atoms with Gasteiger partial charge in [0.05, 0.1) is 24.2 Å². The molecule has 0 bridgehead atoms. The van der Waals surface area contributed by atoms with Crippen LogP contribution in [-0.2, 0) is 16.4 Å². The number of methoxy groups -OCH3 is 1. The lowest BCUT2D eigenvalue weighted by Crippen LogP contribution is -2.32. The van der Waals surface area contributed by atoms with E-state index in [1.54, 1.807) is 39.0 Å². The summed E-state index contributed by atoms with van der Waals surface area (Å²) >= 11 is 0. The Morgan fingerprint density at radius 3 is 2.40 bits per heavy atom. The Kier molecular flexibility index (Phi) is 5.42. The molecule has 0 aliphatic rings. The molecule has 0 fully saturated rings. The van der Waals surface area contributed by atoms with E-state index in [-0.39, 0.29) is 19.0 Å². The third kappa shape index (κ3) is 3.86. The van der Waals surface area contributed by atoms with E-state index in [4.69, 9.17) is 9.47 Å². The van der Waals surface area contributed by atoms with E-state index >= 15 is 0 Å². The molecule has 1 aromatic rings. The van der Waals surface area contributed by atoms with Crippen LogP contribution < -0.4 is 9.47 Å². The molecule has 0 aliphatic carbocycles. The fourth-order valence-corrected chi connectivity index (χ4v) is 2.49. The molecular formula is C14H22O5S. The Morgan fingerprint density at radius 1 is 1.25 bits per heavy atom. The first kappa shape index (κ1) is 16.8. The molecule has 20 heavy (non-hydrogen) atoms. The number of hydrogen-bond acceptors (Lipinski definition) is 5. The van der Waals surface area contributed by atoms with Gasteiger partial charge in [-0.25, -0.2) is 8.42 Å². The molecule has 1 rings (SSSR count). The molecule has 0 aromatic heterocycles. The smallest absolute Gasteiger partial charge is 0.166 e. The van der Waals surface area contributed by atoms with Gasteiger partial charge in [-0.05, 0) is 26.8 Å². The highest BCUT2D eigenvalue weighted by Crippen LogP contribution is 2.31. The number of aliphatic hydroxyl groups excluding tert-OH is 1. The monoisotopic (exact) mass is 302 g/mol. The lowest BCUT2D eigenvalue weighted by Gasteiger charge is -2.20. The number of aliphatic hydroxyl groups is 1. The van der Waals surface area contributed by atoms with Crippen molar-refractivity contribution in [2.24, 2.45) is 0 Å². The van der Waals surface area contributed by atoms with Crippen LogP contribution in [0.25, 0.3) is 0 Å². The van der Waals surface area contributed by atoms with E-state index in [0.717, 1.165) is 0 Å². The van der Waals surface area contributed by atoms with Crippen LogP contribution in [0.3, 0.4) is 0 Å². The molecular weight excluding hydrogens is 280 g/mol. The van der Waals surface area contributed by atoms with Crippen molar-refractivity contribution in [2.45, 2.75) is 32.1 Å². The van der Waals surface area contributed by atoms with Gasteiger partial charge in [0, 0.05) is 5.56 Å². The van der Waals surface area contributed by atoms with Gasteiger partial charge in [0.2, 0.25) is 0 Å². The molecule has 0 spiro atoms. The fourth-order valence-electron chi connectivity index (χ4n) is 1.57. The molecule has 0 amide bonds. The zero-order valence-corrected chi connectivity index (χ0v) is 13.2. The Labute approximate surface area is 120 Å². The van der Waals surface area contributed by atoms with E-state index < -0.39 is 14.6 Å². The Bertz CT molecular complexity index is 521. The van der Waals surface area contributed by atoms with Gasteiger partial charge < -0.3 is 14.6 Å². The van der Waals surface area contributed by atoms with E-state index in [0.29, 0.717) is 17.1 Å². The van der Waals surface area contributed by atoms with Crippen LogP contribution >= 0.6 is 0 Å². The minimum Gasteiger partial charge on any atom is -0.493 e. The van der Waals surface area contributed by atoms with Gasteiger partial charge in [0.1, 0.15) is 6.61 Å². The second-order valence-corrected chi connectivity index (χ2v) is 8.25. The number of benzene rings is 1. The van der Waals surface area contributed by atoms with Crippen molar-refractivity contribution < 1.29 is 23.0 Å². The Hall–Kier alpha value is -1.27. The van der Waals surface area contributed by atoms with E-state index in [1.165, 1.54) is 7.11 Å². The van der Waals surface area contributed by atoms with Crippen LogP contribution in [0.4, 0.5) is 0 Å². The number of para-hydroxylation sites is 1. The molecule has 6 heteroatoms. The largest absolute Gasteiger partial charge is 0.493 e. The zero-order valence-electron chi connectivity index (χ0n) is 12.3. The maximum atomic E-state index is 12.0. The van der Waals surface area contributed by atoms with E-state index in [1.807, 2.05) is 0 Å². The lowest BCUT2D eigenvalue weighted by molar-refractivity contribution is 0.260. The van der Waals surface area contributed by atoms with Crippen molar-refractivity contribution in [1.29, 1.82) is 0 Å². The molecule has 0 aliphatic heterocycles. The number of rotatable bonds is 6. The quantitative estimate of drug-likeness (QED) is 0.867. The van der Waals surface area contributed by atoms with Crippen LogP contribution in [0.2, 0.25) is 0 Å². The van der Waals surface area contributed by atoms with Gasteiger partial charge in [-0.3, -0.25) is 0 Å². The highest BCUT2D eigenvalue weighted by Gasteiger charge is 2.28. The predicted molar refractivity (Wildman–Crippen MR) is 78.0 cm³/mol. The molecule has 1 N–H and O–H groups in total. The van der Waals surface area contributed by atoms with Crippen molar-refractivity contribution in [3.8, 4) is 11.5 Å². The van der Waals surface area contributed by atoms with Crippen LogP contribution in [-0.4, -0.2) is 37.7 Å². The molecule has 0 saturated carbocycles. The summed E-state index contributed by atoms with van der Waals surface area (Å²) in [5.74, 6) is 0.783. The number of ether oxygens (including phenoxy) is 2. The summed E-state index contributed by atoms with van der Waals surface area (Å²) in [4.78, 5) is 0. The van der Waals surface area contributed by atoms with E-state index in [9.17, 15) is 13.5 Å². The Balaban J connectivity index is 2.81. The van der Waals surface area contributed by atoms with Gasteiger partial charge in [-0.15, -0.1) is 0 Å². The molecule has 114 valence electrons. The fraction of sp³-hybridized carbons (Fsp3) is 0.571. The normalized spacial score (nSPS) is 12.2. The summed E-state index contributed by atoms with van der Waals surface area (Å²) in [5, 5.41) is 9.27. The molecule has 1 aromatic carbocycles. The van der Waals surface area contributed by atoms with Gasteiger partial charge in [0.15, 0.2) is 21.3 Å². The van der Waals surface area contributed by atoms with Crippen molar-refractivity contribution in [2.75, 3.05) is 19.5 Å². The second-order valence-electron chi connectivity index (χ2n) is 5.39. The summed E-state index contributed by atoms with van der Waals surface area (Å²) in [6, 6.07) is 5.14.